The first-order chi connectivity index (χ1) is 11.7. The molecule has 0 spiro atoms. The van der Waals surface area contributed by atoms with Gasteiger partial charge in [0.25, 0.3) is 0 Å². The molecule has 0 saturated carbocycles. The maximum Gasteiger partial charge on any atom is 0.132 e. The highest BCUT2D eigenvalue weighted by atomic mass is 35.5. The second kappa shape index (κ2) is 6.67. The van der Waals surface area contributed by atoms with E-state index in [1.165, 1.54) is 11.6 Å². The summed E-state index contributed by atoms with van der Waals surface area (Å²) >= 11 is 6.26. The fourth-order valence-electron chi connectivity index (χ4n) is 3.69. The minimum absolute atomic E-state index is 0.156. The van der Waals surface area contributed by atoms with E-state index in [2.05, 4.69) is 35.2 Å². The minimum Gasteiger partial charge on any atom is -0.378 e. The molecule has 0 N–H and O–H groups in total. The molecule has 4 rings (SSSR count). The van der Waals surface area contributed by atoms with E-state index in [1.807, 2.05) is 6.07 Å². The molecule has 0 radical (unpaired) electrons. The SMILES string of the molecule is Fc1cccc(Cl)c1C1=CC2COCC(C1)N2Cc1ccccc1. The lowest BCUT2D eigenvalue weighted by atomic mass is 9.89. The van der Waals surface area contributed by atoms with Crippen molar-refractivity contribution in [1.29, 1.82) is 0 Å². The number of ether oxygens (including phenoxy) is 1. The van der Waals surface area contributed by atoms with Gasteiger partial charge in [0.15, 0.2) is 0 Å². The van der Waals surface area contributed by atoms with Crippen molar-refractivity contribution >= 4 is 17.2 Å². The molecule has 2 aromatic carbocycles. The molecule has 2 unspecified atom stereocenters. The average Bonchev–Trinajstić information content (AvgIpc) is 2.56. The number of benzene rings is 2. The van der Waals surface area contributed by atoms with E-state index < -0.39 is 0 Å². The van der Waals surface area contributed by atoms with Crippen molar-refractivity contribution in [1.82, 2.24) is 4.90 Å². The van der Waals surface area contributed by atoms with Gasteiger partial charge in [0.1, 0.15) is 5.82 Å². The summed E-state index contributed by atoms with van der Waals surface area (Å²) in [6.07, 6.45) is 2.88. The maximum absolute atomic E-state index is 14.3. The van der Waals surface area contributed by atoms with Crippen LogP contribution >= 0.6 is 11.6 Å². The number of nitrogens with zero attached hydrogens (tertiary/aromatic N) is 1. The van der Waals surface area contributed by atoms with Gasteiger partial charge in [0, 0.05) is 18.2 Å². The number of hydrogen-bond acceptors (Lipinski definition) is 2. The molecule has 2 heterocycles. The van der Waals surface area contributed by atoms with Crippen molar-refractivity contribution in [2.45, 2.75) is 25.0 Å². The van der Waals surface area contributed by atoms with Crippen molar-refractivity contribution in [3.05, 3.63) is 76.6 Å². The Bertz CT molecular complexity index is 741. The van der Waals surface area contributed by atoms with Gasteiger partial charge in [-0.25, -0.2) is 4.39 Å². The number of halogens is 2. The molecule has 0 aromatic heterocycles. The minimum atomic E-state index is -0.246. The Labute approximate surface area is 146 Å². The molecule has 2 bridgehead atoms. The zero-order chi connectivity index (χ0) is 16.5. The lowest BCUT2D eigenvalue weighted by molar-refractivity contribution is -0.0403. The quantitative estimate of drug-likeness (QED) is 0.811. The van der Waals surface area contributed by atoms with Crippen molar-refractivity contribution in [3.8, 4) is 0 Å². The van der Waals surface area contributed by atoms with Gasteiger partial charge >= 0.3 is 0 Å². The van der Waals surface area contributed by atoms with Crippen LogP contribution in [0.2, 0.25) is 5.02 Å². The van der Waals surface area contributed by atoms with Crippen LogP contribution in [0.15, 0.2) is 54.6 Å². The second-order valence-electron chi connectivity index (χ2n) is 6.41. The fraction of sp³-hybridized carbons (Fsp3) is 0.300. The monoisotopic (exact) mass is 343 g/mol. The van der Waals surface area contributed by atoms with E-state index >= 15 is 0 Å². The molecular formula is C20H19ClFNO. The summed E-state index contributed by atoms with van der Waals surface area (Å²) in [7, 11) is 0. The smallest absolute Gasteiger partial charge is 0.132 e. The van der Waals surface area contributed by atoms with Crippen LogP contribution in [0.25, 0.3) is 5.57 Å². The van der Waals surface area contributed by atoms with E-state index in [0.29, 0.717) is 23.8 Å². The van der Waals surface area contributed by atoms with Crippen LogP contribution in [-0.2, 0) is 11.3 Å². The lowest BCUT2D eigenvalue weighted by Crippen LogP contribution is -2.53. The summed E-state index contributed by atoms with van der Waals surface area (Å²) in [5.74, 6) is -0.246. The molecule has 4 heteroatoms. The maximum atomic E-state index is 14.3. The molecular weight excluding hydrogens is 325 g/mol. The predicted octanol–water partition coefficient (Wildman–Crippen LogP) is 4.54. The van der Waals surface area contributed by atoms with Crippen molar-refractivity contribution in [3.63, 3.8) is 0 Å². The van der Waals surface area contributed by atoms with E-state index in [0.717, 1.165) is 18.5 Å². The van der Waals surface area contributed by atoms with Gasteiger partial charge in [0.05, 0.1) is 24.3 Å². The summed E-state index contributed by atoms with van der Waals surface area (Å²) in [6, 6.07) is 15.7. The Morgan fingerprint density at radius 2 is 1.92 bits per heavy atom. The van der Waals surface area contributed by atoms with E-state index in [4.69, 9.17) is 16.3 Å². The van der Waals surface area contributed by atoms with Crippen molar-refractivity contribution in [2.75, 3.05) is 13.2 Å². The standard InChI is InChI=1S/C20H19ClFNO/c21-18-7-4-8-19(22)20(18)15-9-16-12-24-13-17(10-15)23(16)11-14-5-2-1-3-6-14/h1-9,16-17H,10-13H2. The van der Waals surface area contributed by atoms with Crippen LogP contribution in [-0.4, -0.2) is 30.2 Å². The summed E-state index contributed by atoms with van der Waals surface area (Å²) in [6.45, 7) is 2.19. The van der Waals surface area contributed by atoms with Crippen molar-refractivity contribution in [2.24, 2.45) is 0 Å². The zero-order valence-electron chi connectivity index (χ0n) is 13.3. The van der Waals surface area contributed by atoms with Crippen LogP contribution in [0.3, 0.4) is 0 Å². The van der Waals surface area contributed by atoms with E-state index in [-0.39, 0.29) is 17.9 Å². The van der Waals surface area contributed by atoms with Crippen LogP contribution in [0.1, 0.15) is 17.5 Å². The number of fused-ring (bicyclic) bond motifs is 2. The van der Waals surface area contributed by atoms with Crippen molar-refractivity contribution < 1.29 is 9.13 Å². The molecule has 0 amide bonds. The third-order valence-electron chi connectivity index (χ3n) is 4.83. The van der Waals surface area contributed by atoms with Gasteiger partial charge in [-0.05, 0) is 29.7 Å². The number of hydrogen-bond donors (Lipinski definition) is 0. The summed E-state index contributed by atoms with van der Waals surface area (Å²) in [5.41, 5.74) is 2.84. The Morgan fingerprint density at radius 3 is 2.67 bits per heavy atom. The molecule has 1 saturated heterocycles. The first kappa shape index (κ1) is 15.8. The third kappa shape index (κ3) is 3.00. The molecule has 2 aromatic rings. The van der Waals surface area contributed by atoms with Crippen LogP contribution in [0.5, 0.6) is 0 Å². The van der Waals surface area contributed by atoms with Gasteiger partial charge < -0.3 is 4.74 Å². The number of morpholine rings is 1. The van der Waals surface area contributed by atoms with Gasteiger partial charge in [-0.1, -0.05) is 54.1 Å². The molecule has 2 nitrogen and oxygen atoms in total. The first-order valence-corrected chi connectivity index (χ1v) is 8.62. The van der Waals surface area contributed by atoms with Crippen LogP contribution < -0.4 is 0 Å². The Hall–Kier alpha value is -1.68. The summed E-state index contributed by atoms with van der Waals surface area (Å²) in [4.78, 5) is 2.46. The third-order valence-corrected chi connectivity index (χ3v) is 5.15. The highest BCUT2D eigenvalue weighted by molar-refractivity contribution is 6.32. The Balaban J connectivity index is 1.65. The molecule has 0 aliphatic carbocycles. The van der Waals surface area contributed by atoms with Gasteiger partial charge in [-0.15, -0.1) is 0 Å². The Morgan fingerprint density at radius 1 is 1.08 bits per heavy atom. The zero-order valence-corrected chi connectivity index (χ0v) is 14.0. The average molecular weight is 344 g/mol. The van der Waals surface area contributed by atoms with E-state index in [9.17, 15) is 4.39 Å². The highest BCUT2D eigenvalue weighted by Crippen LogP contribution is 2.37. The summed E-state index contributed by atoms with van der Waals surface area (Å²) < 4.78 is 20.0. The van der Waals surface area contributed by atoms with Crippen LogP contribution in [0, 0.1) is 5.82 Å². The normalized spacial score (nSPS) is 23.8. The largest absolute Gasteiger partial charge is 0.378 e. The second-order valence-corrected chi connectivity index (χ2v) is 6.82. The van der Waals surface area contributed by atoms with Gasteiger partial charge in [-0.3, -0.25) is 4.90 Å². The topological polar surface area (TPSA) is 12.5 Å². The first-order valence-electron chi connectivity index (χ1n) is 8.25. The van der Waals surface area contributed by atoms with Crippen LogP contribution in [0.4, 0.5) is 4.39 Å². The molecule has 1 fully saturated rings. The predicted molar refractivity (Wildman–Crippen MR) is 94.4 cm³/mol. The number of rotatable bonds is 3. The highest BCUT2D eigenvalue weighted by Gasteiger charge is 2.35. The Kier molecular flexibility index (Phi) is 4.40. The molecule has 2 aliphatic rings. The van der Waals surface area contributed by atoms with Gasteiger partial charge in [0.2, 0.25) is 0 Å². The molecule has 2 aliphatic heterocycles. The molecule has 2 atom stereocenters. The fourth-order valence-corrected chi connectivity index (χ4v) is 3.98. The summed E-state index contributed by atoms with van der Waals surface area (Å²) in [5, 5.41) is 0.483. The molecule has 24 heavy (non-hydrogen) atoms. The molecule has 124 valence electrons. The lowest BCUT2D eigenvalue weighted by Gasteiger charge is -2.45. The van der Waals surface area contributed by atoms with Gasteiger partial charge in [-0.2, -0.15) is 0 Å². The van der Waals surface area contributed by atoms with E-state index in [1.54, 1.807) is 12.1 Å².